The van der Waals surface area contributed by atoms with E-state index in [0.717, 1.165) is 55.7 Å². The van der Waals surface area contributed by atoms with Gasteiger partial charge < -0.3 is 9.32 Å². The molecule has 9 aromatic carbocycles. The zero-order valence-electron chi connectivity index (χ0n) is 30.7. The summed E-state index contributed by atoms with van der Waals surface area (Å²) in [5.74, 6) is 0. The molecule has 0 aliphatic heterocycles. The molecule has 56 heavy (non-hydrogen) atoms. The molecule has 0 radical (unpaired) electrons. The van der Waals surface area contributed by atoms with E-state index in [9.17, 15) is 0 Å². The number of hydrogen-bond acceptors (Lipinski definition) is 2. The molecule has 0 aliphatic carbocycles. The van der Waals surface area contributed by atoms with Crippen LogP contribution in [0.3, 0.4) is 0 Å². The summed E-state index contributed by atoms with van der Waals surface area (Å²) in [4.78, 5) is 2.34. The second-order valence-electron chi connectivity index (χ2n) is 14.1. The van der Waals surface area contributed by atoms with E-state index >= 15 is 0 Å². The predicted octanol–water partition coefficient (Wildman–Crippen LogP) is 15.4. The van der Waals surface area contributed by atoms with Crippen molar-refractivity contribution in [3.8, 4) is 55.6 Å². The third-order valence-electron chi connectivity index (χ3n) is 10.7. The smallest absolute Gasteiger partial charge is 0.135 e. The van der Waals surface area contributed by atoms with E-state index in [1.54, 1.807) is 0 Å². The molecule has 1 heterocycles. The Balaban J connectivity index is 1.04. The van der Waals surface area contributed by atoms with Crippen molar-refractivity contribution in [2.24, 2.45) is 0 Å². The first-order valence-electron chi connectivity index (χ1n) is 19.1. The van der Waals surface area contributed by atoms with Crippen LogP contribution in [0.5, 0.6) is 0 Å². The first kappa shape index (κ1) is 33.2. The van der Waals surface area contributed by atoms with Crippen molar-refractivity contribution in [1.29, 1.82) is 0 Å². The van der Waals surface area contributed by atoms with Gasteiger partial charge in [0.25, 0.3) is 0 Å². The van der Waals surface area contributed by atoms with Crippen LogP contribution in [0.4, 0.5) is 17.1 Å². The number of hydrogen-bond donors (Lipinski definition) is 0. The fourth-order valence-electron chi connectivity index (χ4n) is 7.84. The second-order valence-corrected chi connectivity index (χ2v) is 14.1. The van der Waals surface area contributed by atoms with Crippen LogP contribution in [0.15, 0.2) is 229 Å². The number of furan rings is 1. The van der Waals surface area contributed by atoms with Gasteiger partial charge in [-0.2, -0.15) is 0 Å². The quantitative estimate of drug-likeness (QED) is 0.156. The minimum absolute atomic E-state index is 0.900. The topological polar surface area (TPSA) is 16.4 Å². The van der Waals surface area contributed by atoms with Gasteiger partial charge in [-0.25, -0.2) is 0 Å². The van der Waals surface area contributed by atoms with Gasteiger partial charge in [0.2, 0.25) is 0 Å². The summed E-state index contributed by atoms with van der Waals surface area (Å²) in [7, 11) is 0. The summed E-state index contributed by atoms with van der Waals surface area (Å²) in [6.45, 7) is 0. The fourth-order valence-corrected chi connectivity index (χ4v) is 7.84. The highest BCUT2D eigenvalue weighted by molar-refractivity contribution is 6.07. The van der Waals surface area contributed by atoms with E-state index in [4.69, 9.17) is 4.42 Å². The zero-order valence-corrected chi connectivity index (χ0v) is 30.7. The fraction of sp³-hybridized carbons (Fsp3) is 0. The van der Waals surface area contributed by atoms with Crippen molar-refractivity contribution in [3.63, 3.8) is 0 Å². The van der Waals surface area contributed by atoms with Crippen LogP contribution in [-0.2, 0) is 0 Å². The summed E-state index contributed by atoms with van der Waals surface area (Å²) in [5, 5.41) is 2.26. The van der Waals surface area contributed by atoms with Crippen molar-refractivity contribution in [1.82, 2.24) is 0 Å². The Bertz CT molecular complexity index is 2830. The third-order valence-corrected chi connectivity index (χ3v) is 10.7. The monoisotopic (exact) mass is 715 g/mol. The molecule has 10 rings (SSSR count). The van der Waals surface area contributed by atoms with E-state index < -0.39 is 0 Å². The minimum Gasteiger partial charge on any atom is -0.456 e. The Morgan fingerprint density at radius 3 is 1.21 bits per heavy atom. The molecule has 1 aromatic heterocycles. The van der Waals surface area contributed by atoms with Gasteiger partial charge in [-0.05, 0) is 116 Å². The number of para-hydroxylation sites is 1. The largest absolute Gasteiger partial charge is 0.456 e. The summed E-state index contributed by atoms with van der Waals surface area (Å²) < 4.78 is 6.19. The molecule has 0 spiro atoms. The molecular formula is C54H37NO. The van der Waals surface area contributed by atoms with E-state index in [1.807, 2.05) is 12.1 Å². The third kappa shape index (κ3) is 6.34. The van der Waals surface area contributed by atoms with Crippen LogP contribution < -0.4 is 4.90 Å². The van der Waals surface area contributed by atoms with Crippen molar-refractivity contribution in [2.75, 3.05) is 4.90 Å². The van der Waals surface area contributed by atoms with Gasteiger partial charge in [-0.1, -0.05) is 164 Å². The first-order chi connectivity index (χ1) is 27.7. The average Bonchev–Trinajstić information content (AvgIpc) is 3.66. The molecule has 0 saturated carbocycles. The Hall–Kier alpha value is -7.42. The van der Waals surface area contributed by atoms with Gasteiger partial charge in [-0.15, -0.1) is 0 Å². The SMILES string of the molecule is c1ccc(-c2ccc(N(c3ccc(-c4ccccc4)cc3)c3ccc(-c4ccc(-c5ccccc5)c(-c5ccc6oc7ccccc7c6c5)c4)cc3)cc2)cc1. The number of rotatable bonds is 8. The Labute approximate surface area is 327 Å². The van der Waals surface area contributed by atoms with Crippen molar-refractivity contribution in [2.45, 2.75) is 0 Å². The van der Waals surface area contributed by atoms with E-state index in [0.29, 0.717) is 0 Å². The molecule has 264 valence electrons. The van der Waals surface area contributed by atoms with E-state index in [-0.39, 0.29) is 0 Å². The van der Waals surface area contributed by atoms with Crippen LogP contribution in [0.25, 0.3) is 77.6 Å². The van der Waals surface area contributed by atoms with Crippen LogP contribution in [0.1, 0.15) is 0 Å². The van der Waals surface area contributed by atoms with E-state index in [1.165, 1.54) is 38.9 Å². The standard InChI is InChI=1S/C54H37NO/c1-4-12-38(13-5-1)40-20-28-46(29-21-40)55(47-30-22-41(23-31-47)39-14-6-2-7-15-39)48-32-24-42(25-33-48)44-26-34-49(43-16-8-3-9-17-43)51(36-44)45-27-35-54-52(37-45)50-18-10-11-19-53(50)56-54/h1-37H. The minimum atomic E-state index is 0.900. The number of fused-ring (bicyclic) bond motifs is 3. The predicted molar refractivity (Wildman–Crippen MR) is 236 cm³/mol. The lowest BCUT2D eigenvalue weighted by atomic mass is 9.90. The highest BCUT2D eigenvalue weighted by Gasteiger charge is 2.16. The molecule has 0 bridgehead atoms. The molecule has 0 aliphatic rings. The molecule has 2 heteroatoms. The average molecular weight is 716 g/mol. The molecule has 0 unspecified atom stereocenters. The van der Waals surface area contributed by atoms with Gasteiger partial charge in [0.1, 0.15) is 11.2 Å². The van der Waals surface area contributed by atoms with Crippen LogP contribution in [0.2, 0.25) is 0 Å². The first-order valence-corrected chi connectivity index (χ1v) is 19.1. The van der Waals surface area contributed by atoms with Gasteiger partial charge in [-0.3, -0.25) is 0 Å². The molecule has 2 nitrogen and oxygen atoms in total. The van der Waals surface area contributed by atoms with Gasteiger partial charge in [0.15, 0.2) is 0 Å². The molecule has 0 fully saturated rings. The Kier molecular flexibility index (Phi) is 8.55. The number of anilines is 3. The lowest BCUT2D eigenvalue weighted by Crippen LogP contribution is -2.09. The highest BCUT2D eigenvalue weighted by Crippen LogP contribution is 2.41. The number of nitrogens with zero attached hydrogens (tertiary/aromatic N) is 1. The molecule has 0 amide bonds. The maximum absolute atomic E-state index is 6.19. The number of benzene rings is 9. The molecular weight excluding hydrogens is 679 g/mol. The zero-order chi connectivity index (χ0) is 37.3. The van der Waals surface area contributed by atoms with Gasteiger partial charge in [0.05, 0.1) is 0 Å². The normalized spacial score (nSPS) is 11.2. The summed E-state index contributed by atoms with van der Waals surface area (Å²) >= 11 is 0. The lowest BCUT2D eigenvalue weighted by Gasteiger charge is -2.26. The highest BCUT2D eigenvalue weighted by atomic mass is 16.3. The van der Waals surface area contributed by atoms with Crippen molar-refractivity contribution in [3.05, 3.63) is 224 Å². The molecule has 0 atom stereocenters. The summed E-state index contributed by atoms with van der Waals surface area (Å²) in [6.07, 6.45) is 0. The lowest BCUT2D eigenvalue weighted by molar-refractivity contribution is 0.669. The molecule has 10 aromatic rings. The maximum Gasteiger partial charge on any atom is 0.135 e. The van der Waals surface area contributed by atoms with E-state index in [2.05, 4.69) is 217 Å². The Morgan fingerprint density at radius 2 is 0.661 bits per heavy atom. The van der Waals surface area contributed by atoms with Crippen LogP contribution >= 0.6 is 0 Å². The van der Waals surface area contributed by atoms with Crippen molar-refractivity contribution < 1.29 is 4.42 Å². The second kappa shape index (κ2) is 14.4. The van der Waals surface area contributed by atoms with Crippen LogP contribution in [0, 0.1) is 0 Å². The molecule has 0 N–H and O–H groups in total. The summed E-state index contributed by atoms with van der Waals surface area (Å²) in [5.41, 5.74) is 16.9. The van der Waals surface area contributed by atoms with Crippen molar-refractivity contribution >= 4 is 39.0 Å². The van der Waals surface area contributed by atoms with Crippen LogP contribution in [-0.4, -0.2) is 0 Å². The molecule has 0 saturated heterocycles. The van der Waals surface area contributed by atoms with Gasteiger partial charge in [0, 0.05) is 27.8 Å². The maximum atomic E-state index is 6.19. The Morgan fingerprint density at radius 1 is 0.250 bits per heavy atom. The van der Waals surface area contributed by atoms with Gasteiger partial charge >= 0.3 is 0 Å². The summed E-state index contributed by atoms with van der Waals surface area (Å²) in [6, 6.07) is 80.1.